The van der Waals surface area contributed by atoms with Crippen molar-refractivity contribution in [1.29, 1.82) is 0 Å². The lowest BCUT2D eigenvalue weighted by molar-refractivity contribution is 0.174. The van der Waals surface area contributed by atoms with Crippen LogP contribution in [-0.4, -0.2) is 26.4 Å². The van der Waals surface area contributed by atoms with Crippen molar-refractivity contribution in [3.05, 3.63) is 71.3 Å². The van der Waals surface area contributed by atoms with Crippen LogP contribution in [-0.2, 0) is 17.8 Å². The van der Waals surface area contributed by atoms with E-state index in [2.05, 4.69) is 70.5 Å². The van der Waals surface area contributed by atoms with Crippen LogP contribution in [0, 0.1) is 0 Å². The van der Waals surface area contributed by atoms with E-state index >= 15 is 0 Å². The molecule has 0 aromatic heterocycles. The highest BCUT2D eigenvalue weighted by Gasteiger charge is 2.25. The van der Waals surface area contributed by atoms with E-state index < -0.39 is 0 Å². The van der Waals surface area contributed by atoms with Gasteiger partial charge in [-0.2, -0.15) is 0 Å². The maximum Gasteiger partial charge on any atom is 0.0964 e. The third-order valence-electron chi connectivity index (χ3n) is 4.85. The minimum Gasteiger partial charge on any atom is -0.370 e. The van der Waals surface area contributed by atoms with Crippen molar-refractivity contribution in [2.24, 2.45) is 0 Å². The first-order chi connectivity index (χ1) is 12.4. The van der Waals surface area contributed by atoms with Gasteiger partial charge in [-0.25, -0.2) is 0 Å². The highest BCUT2D eigenvalue weighted by molar-refractivity contribution is 5.27. The predicted molar refractivity (Wildman–Crippen MR) is 102 cm³/mol. The number of benzene rings is 2. The Morgan fingerprint density at radius 3 is 2.48 bits per heavy atom. The monoisotopic (exact) mass is 339 g/mol. The van der Waals surface area contributed by atoms with Gasteiger partial charge in [0.05, 0.1) is 6.73 Å². The number of methoxy groups -OCH3 is 1. The zero-order chi connectivity index (χ0) is 17.3. The fraction of sp³-hybridized carbons (Fsp3) is 0.429. The number of nitrogens with one attached hydrogen (secondary N) is 3. The molecule has 2 aromatic rings. The summed E-state index contributed by atoms with van der Waals surface area (Å²) >= 11 is 0. The van der Waals surface area contributed by atoms with Gasteiger partial charge in [-0.15, -0.1) is 0 Å². The summed E-state index contributed by atoms with van der Waals surface area (Å²) in [6.07, 6.45) is 2.43. The molecule has 1 heterocycles. The maximum atomic E-state index is 5.09. The van der Waals surface area contributed by atoms with Crippen LogP contribution in [0.3, 0.4) is 0 Å². The molecule has 3 N–H and O–H groups in total. The third-order valence-corrected chi connectivity index (χ3v) is 4.85. The van der Waals surface area contributed by atoms with Crippen LogP contribution in [0.2, 0.25) is 0 Å². The second-order valence-corrected chi connectivity index (χ2v) is 6.60. The Hall–Kier alpha value is -1.72. The van der Waals surface area contributed by atoms with Gasteiger partial charge in [-0.05, 0) is 36.1 Å². The summed E-state index contributed by atoms with van der Waals surface area (Å²) in [6.45, 7) is 3.39. The number of ether oxygens (including phenoxy) is 1. The summed E-state index contributed by atoms with van der Waals surface area (Å²) in [4.78, 5) is 0. The Bertz CT molecular complexity index is 632. The molecule has 0 radical (unpaired) electrons. The fourth-order valence-electron chi connectivity index (χ4n) is 3.55. The van der Waals surface area contributed by atoms with Crippen molar-refractivity contribution in [1.82, 2.24) is 16.0 Å². The zero-order valence-electron chi connectivity index (χ0n) is 15.0. The first kappa shape index (κ1) is 18.1. The van der Waals surface area contributed by atoms with Gasteiger partial charge in [0.1, 0.15) is 0 Å². The second kappa shape index (κ2) is 9.68. The Morgan fingerprint density at radius 2 is 1.72 bits per heavy atom. The van der Waals surface area contributed by atoms with Crippen LogP contribution in [0.25, 0.3) is 0 Å². The predicted octanol–water partition coefficient (Wildman–Crippen LogP) is 2.96. The highest BCUT2D eigenvalue weighted by atomic mass is 16.5. The molecule has 0 spiro atoms. The molecular weight excluding hydrogens is 310 g/mol. The largest absolute Gasteiger partial charge is 0.370 e. The van der Waals surface area contributed by atoms with E-state index in [1.54, 1.807) is 7.11 Å². The molecule has 0 amide bonds. The molecule has 25 heavy (non-hydrogen) atoms. The number of rotatable bonds is 8. The van der Waals surface area contributed by atoms with Crippen LogP contribution in [0.15, 0.2) is 54.6 Å². The van der Waals surface area contributed by atoms with Crippen LogP contribution >= 0.6 is 0 Å². The van der Waals surface area contributed by atoms with Crippen LogP contribution in [0.4, 0.5) is 0 Å². The minimum atomic E-state index is 0.383. The molecule has 1 aliphatic heterocycles. The standard InChI is InChI=1S/C21H29N3O/c1-25-16-22-14-18-10-5-6-11-19(18)15-24-20-12-7-13-23-21(20)17-8-3-2-4-9-17/h2-6,8-11,20-24H,7,12-16H2,1H3/t20-,21-/m0/s1. The van der Waals surface area contributed by atoms with E-state index in [0.29, 0.717) is 18.8 Å². The lowest BCUT2D eigenvalue weighted by atomic mass is 9.92. The summed E-state index contributed by atoms with van der Waals surface area (Å²) < 4.78 is 5.09. The van der Waals surface area contributed by atoms with Gasteiger partial charge in [0.2, 0.25) is 0 Å². The Morgan fingerprint density at radius 1 is 1.00 bits per heavy atom. The molecule has 1 aliphatic rings. The summed E-state index contributed by atoms with van der Waals surface area (Å²) in [5.41, 5.74) is 4.05. The summed E-state index contributed by atoms with van der Waals surface area (Å²) in [5, 5.41) is 10.8. The van der Waals surface area contributed by atoms with Crippen molar-refractivity contribution in [2.45, 2.75) is 38.0 Å². The highest BCUT2D eigenvalue weighted by Crippen LogP contribution is 2.24. The van der Waals surface area contributed by atoms with Crippen molar-refractivity contribution in [2.75, 3.05) is 20.4 Å². The van der Waals surface area contributed by atoms with Gasteiger partial charge in [0.15, 0.2) is 0 Å². The lowest BCUT2D eigenvalue weighted by Gasteiger charge is -2.34. The molecule has 4 nitrogen and oxygen atoms in total. The molecule has 1 saturated heterocycles. The summed E-state index contributed by atoms with van der Waals surface area (Å²) in [5.74, 6) is 0. The van der Waals surface area contributed by atoms with E-state index in [4.69, 9.17) is 4.74 Å². The average Bonchev–Trinajstić information content (AvgIpc) is 2.68. The van der Waals surface area contributed by atoms with Crippen molar-refractivity contribution in [3.8, 4) is 0 Å². The fourth-order valence-corrected chi connectivity index (χ4v) is 3.55. The Labute approximate surface area is 151 Å². The number of hydrogen-bond donors (Lipinski definition) is 3. The topological polar surface area (TPSA) is 45.3 Å². The molecule has 0 bridgehead atoms. The van der Waals surface area contributed by atoms with Gasteiger partial charge in [-0.1, -0.05) is 54.6 Å². The Balaban J connectivity index is 1.63. The van der Waals surface area contributed by atoms with E-state index in [0.717, 1.165) is 19.6 Å². The van der Waals surface area contributed by atoms with E-state index in [-0.39, 0.29) is 0 Å². The maximum absolute atomic E-state index is 5.09. The lowest BCUT2D eigenvalue weighted by Crippen LogP contribution is -2.45. The molecule has 2 aromatic carbocycles. The van der Waals surface area contributed by atoms with Crippen LogP contribution in [0.1, 0.15) is 35.6 Å². The molecule has 0 saturated carbocycles. The van der Waals surface area contributed by atoms with Crippen molar-refractivity contribution in [3.63, 3.8) is 0 Å². The Kier molecular flexibility index (Phi) is 7.00. The van der Waals surface area contributed by atoms with Gasteiger partial charge in [-0.3, -0.25) is 5.32 Å². The molecule has 4 heteroatoms. The number of piperidine rings is 1. The van der Waals surface area contributed by atoms with Crippen LogP contribution < -0.4 is 16.0 Å². The first-order valence-corrected chi connectivity index (χ1v) is 9.16. The van der Waals surface area contributed by atoms with Crippen molar-refractivity contribution < 1.29 is 4.74 Å². The van der Waals surface area contributed by atoms with Gasteiger partial charge in [0.25, 0.3) is 0 Å². The molecule has 2 atom stereocenters. The molecule has 3 rings (SSSR count). The molecular formula is C21H29N3O. The van der Waals surface area contributed by atoms with Gasteiger partial charge in [0, 0.05) is 32.3 Å². The summed E-state index contributed by atoms with van der Waals surface area (Å²) in [7, 11) is 1.71. The normalized spacial score (nSPS) is 20.5. The quantitative estimate of drug-likeness (QED) is 0.511. The van der Waals surface area contributed by atoms with E-state index in [9.17, 15) is 0 Å². The second-order valence-electron chi connectivity index (χ2n) is 6.60. The zero-order valence-corrected chi connectivity index (χ0v) is 15.0. The summed E-state index contributed by atoms with van der Waals surface area (Å²) in [6, 6.07) is 20.2. The van der Waals surface area contributed by atoms with E-state index in [1.807, 2.05) is 0 Å². The number of hydrogen-bond acceptors (Lipinski definition) is 4. The average molecular weight is 339 g/mol. The molecule has 1 fully saturated rings. The van der Waals surface area contributed by atoms with E-state index in [1.165, 1.54) is 29.5 Å². The first-order valence-electron chi connectivity index (χ1n) is 9.16. The smallest absolute Gasteiger partial charge is 0.0964 e. The SMILES string of the molecule is COCNCc1ccccc1CN[C@H]1CCCN[C@H]1c1ccccc1. The van der Waals surface area contributed by atoms with Gasteiger partial charge >= 0.3 is 0 Å². The van der Waals surface area contributed by atoms with Crippen molar-refractivity contribution >= 4 is 0 Å². The molecule has 0 unspecified atom stereocenters. The van der Waals surface area contributed by atoms with Gasteiger partial charge < -0.3 is 15.4 Å². The molecule has 134 valence electrons. The minimum absolute atomic E-state index is 0.383. The molecule has 0 aliphatic carbocycles. The third kappa shape index (κ3) is 5.13. The van der Waals surface area contributed by atoms with Crippen LogP contribution in [0.5, 0.6) is 0 Å².